The molecule has 0 aliphatic heterocycles. The summed E-state index contributed by atoms with van der Waals surface area (Å²) in [6.45, 7) is 5.89. The first-order valence-corrected chi connectivity index (χ1v) is 6.11. The van der Waals surface area contributed by atoms with Crippen LogP contribution in [0.3, 0.4) is 0 Å². The molecular weight excluding hydrogens is 216 g/mol. The molecular formula is C14H22O3. The lowest BCUT2D eigenvalue weighted by molar-refractivity contribution is 0.00844. The highest BCUT2D eigenvalue weighted by Crippen LogP contribution is 2.20. The molecule has 0 saturated carbocycles. The second kappa shape index (κ2) is 6.03. The van der Waals surface area contributed by atoms with Crippen LogP contribution in [0.25, 0.3) is 0 Å². The van der Waals surface area contributed by atoms with E-state index in [1.165, 1.54) is 0 Å². The Kier molecular flexibility index (Phi) is 4.97. The molecule has 3 nitrogen and oxygen atoms in total. The van der Waals surface area contributed by atoms with Crippen molar-refractivity contribution in [2.24, 2.45) is 0 Å². The molecule has 2 N–H and O–H groups in total. The molecule has 0 radical (unpaired) electrons. The summed E-state index contributed by atoms with van der Waals surface area (Å²) in [5, 5.41) is 19.4. The molecule has 3 heteroatoms. The Labute approximate surface area is 103 Å². The van der Waals surface area contributed by atoms with Crippen LogP contribution < -0.4 is 4.74 Å². The first-order valence-electron chi connectivity index (χ1n) is 6.11. The van der Waals surface area contributed by atoms with Crippen molar-refractivity contribution in [2.45, 2.75) is 45.3 Å². The van der Waals surface area contributed by atoms with Crippen LogP contribution in [0, 0.1) is 0 Å². The molecule has 1 unspecified atom stereocenters. The smallest absolute Gasteiger partial charge is 0.119 e. The van der Waals surface area contributed by atoms with Crippen LogP contribution in [0.1, 0.15) is 45.3 Å². The molecule has 0 fully saturated rings. The van der Waals surface area contributed by atoms with Gasteiger partial charge in [-0.15, -0.1) is 0 Å². The van der Waals surface area contributed by atoms with E-state index in [2.05, 4.69) is 0 Å². The van der Waals surface area contributed by atoms with Gasteiger partial charge in [0, 0.05) is 0 Å². The zero-order valence-electron chi connectivity index (χ0n) is 10.8. The molecule has 0 spiro atoms. The highest BCUT2D eigenvalue weighted by atomic mass is 16.5. The Bertz CT molecular complexity index is 330. The molecule has 96 valence electrons. The summed E-state index contributed by atoms with van der Waals surface area (Å²) < 4.78 is 5.50. The zero-order chi connectivity index (χ0) is 12.9. The Morgan fingerprint density at radius 3 is 2.29 bits per heavy atom. The van der Waals surface area contributed by atoms with Crippen molar-refractivity contribution < 1.29 is 14.9 Å². The van der Waals surface area contributed by atoms with Gasteiger partial charge in [-0.05, 0) is 37.5 Å². The van der Waals surface area contributed by atoms with Crippen molar-refractivity contribution in [3.63, 3.8) is 0 Å². The van der Waals surface area contributed by atoms with E-state index < -0.39 is 11.7 Å². The molecule has 1 aromatic carbocycles. The molecule has 0 aromatic heterocycles. The lowest BCUT2D eigenvalue weighted by Gasteiger charge is -2.21. The largest absolute Gasteiger partial charge is 0.491 e. The molecule has 0 heterocycles. The van der Waals surface area contributed by atoms with Crippen LogP contribution in [0.2, 0.25) is 0 Å². The van der Waals surface area contributed by atoms with E-state index in [-0.39, 0.29) is 6.61 Å². The summed E-state index contributed by atoms with van der Waals surface area (Å²) in [4.78, 5) is 0. The van der Waals surface area contributed by atoms with Gasteiger partial charge >= 0.3 is 0 Å². The van der Waals surface area contributed by atoms with Crippen molar-refractivity contribution in [1.82, 2.24) is 0 Å². The molecule has 0 aliphatic rings. The second-order valence-corrected chi connectivity index (χ2v) is 4.63. The van der Waals surface area contributed by atoms with Crippen LogP contribution >= 0.6 is 0 Å². The highest BCUT2D eigenvalue weighted by Gasteiger charge is 2.18. The number of rotatable bonds is 6. The maximum Gasteiger partial charge on any atom is 0.119 e. The number of benzene rings is 1. The molecule has 0 amide bonds. The number of aliphatic hydroxyl groups is 2. The Balaban J connectivity index is 2.57. The number of aliphatic hydroxyl groups excluding tert-OH is 1. The lowest BCUT2D eigenvalue weighted by Crippen LogP contribution is -2.31. The van der Waals surface area contributed by atoms with E-state index in [0.29, 0.717) is 18.6 Å². The summed E-state index contributed by atoms with van der Waals surface area (Å²) in [6.07, 6.45) is 0.937. The van der Waals surface area contributed by atoms with Gasteiger partial charge in [0.1, 0.15) is 12.4 Å². The van der Waals surface area contributed by atoms with Gasteiger partial charge in [0.15, 0.2) is 0 Å². The van der Waals surface area contributed by atoms with E-state index in [4.69, 9.17) is 4.74 Å². The van der Waals surface area contributed by atoms with Gasteiger partial charge in [-0.2, -0.15) is 0 Å². The number of hydrogen-bond acceptors (Lipinski definition) is 3. The van der Waals surface area contributed by atoms with E-state index in [9.17, 15) is 10.2 Å². The zero-order valence-corrected chi connectivity index (χ0v) is 10.8. The molecule has 1 aromatic rings. The van der Waals surface area contributed by atoms with Gasteiger partial charge in [-0.1, -0.05) is 26.0 Å². The van der Waals surface area contributed by atoms with Gasteiger partial charge in [0.2, 0.25) is 0 Å². The van der Waals surface area contributed by atoms with Crippen molar-refractivity contribution in [2.75, 3.05) is 6.61 Å². The standard InChI is InChI=1S/C14H22O3/c1-4-13(15)11-6-8-12(9-7-11)17-10-14(3,16)5-2/h6-9,13,15-16H,4-5,10H2,1-3H3/t13-,14?/m1/s1. The monoisotopic (exact) mass is 238 g/mol. The van der Waals surface area contributed by atoms with Crippen LogP contribution in [-0.2, 0) is 0 Å². The minimum absolute atomic E-state index is 0.277. The lowest BCUT2D eigenvalue weighted by atomic mass is 10.1. The fourth-order valence-electron chi connectivity index (χ4n) is 1.36. The average molecular weight is 238 g/mol. The predicted octanol–water partition coefficient (Wildman–Crippen LogP) is 2.67. The summed E-state index contributed by atoms with van der Waals surface area (Å²) in [5.74, 6) is 0.714. The second-order valence-electron chi connectivity index (χ2n) is 4.63. The Morgan fingerprint density at radius 1 is 1.24 bits per heavy atom. The fourth-order valence-corrected chi connectivity index (χ4v) is 1.36. The third kappa shape index (κ3) is 4.36. The molecule has 2 atom stereocenters. The maximum atomic E-state index is 9.80. The summed E-state index contributed by atoms with van der Waals surface area (Å²) in [5.41, 5.74) is 0.101. The molecule has 0 bridgehead atoms. The minimum atomic E-state index is -0.790. The van der Waals surface area contributed by atoms with Crippen molar-refractivity contribution in [3.8, 4) is 5.75 Å². The van der Waals surface area contributed by atoms with Gasteiger partial charge in [0.25, 0.3) is 0 Å². The summed E-state index contributed by atoms with van der Waals surface area (Å²) in [7, 11) is 0. The Hall–Kier alpha value is -1.06. The third-order valence-electron chi connectivity index (χ3n) is 2.96. The van der Waals surface area contributed by atoms with Gasteiger partial charge < -0.3 is 14.9 Å². The number of hydrogen-bond donors (Lipinski definition) is 2. The highest BCUT2D eigenvalue weighted by molar-refractivity contribution is 5.28. The third-order valence-corrected chi connectivity index (χ3v) is 2.96. The topological polar surface area (TPSA) is 49.7 Å². The first kappa shape index (κ1) is 14.0. The fraction of sp³-hybridized carbons (Fsp3) is 0.571. The normalized spacial score (nSPS) is 16.3. The van der Waals surface area contributed by atoms with E-state index in [1.807, 2.05) is 38.1 Å². The van der Waals surface area contributed by atoms with Crippen LogP contribution in [0.4, 0.5) is 0 Å². The quantitative estimate of drug-likeness (QED) is 0.801. The van der Waals surface area contributed by atoms with Gasteiger partial charge in [-0.25, -0.2) is 0 Å². The molecule has 0 aliphatic carbocycles. The predicted molar refractivity (Wildman–Crippen MR) is 68.1 cm³/mol. The van der Waals surface area contributed by atoms with Crippen molar-refractivity contribution >= 4 is 0 Å². The maximum absolute atomic E-state index is 9.80. The molecule has 17 heavy (non-hydrogen) atoms. The van der Waals surface area contributed by atoms with Gasteiger partial charge in [0.05, 0.1) is 11.7 Å². The van der Waals surface area contributed by atoms with Crippen LogP contribution in [-0.4, -0.2) is 22.4 Å². The van der Waals surface area contributed by atoms with Gasteiger partial charge in [-0.3, -0.25) is 0 Å². The van der Waals surface area contributed by atoms with E-state index >= 15 is 0 Å². The van der Waals surface area contributed by atoms with Crippen LogP contribution in [0.15, 0.2) is 24.3 Å². The van der Waals surface area contributed by atoms with E-state index in [0.717, 1.165) is 5.56 Å². The van der Waals surface area contributed by atoms with E-state index in [1.54, 1.807) is 6.92 Å². The molecule has 0 saturated heterocycles. The SMILES string of the molecule is CC[C@@H](O)c1ccc(OCC(C)(O)CC)cc1. The first-order chi connectivity index (χ1) is 7.98. The average Bonchev–Trinajstić information content (AvgIpc) is 2.36. The minimum Gasteiger partial charge on any atom is -0.491 e. The Morgan fingerprint density at radius 2 is 1.82 bits per heavy atom. The summed E-state index contributed by atoms with van der Waals surface area (Å²) >= 11 is 0. The molecule has 1 rings (SSSR count). The van der Waals surface area contributed by atoms with Crippen LogP contribution in [0.5, 0.6) is 5.75 Å². The number of ether oxygens (including phenoxy) is 1. The van der Waals surface area contributed by atoms with Crippen molar-refractivity contribution in [1.29, 1.82) is 0 Å². The summed E-state index contributed by atoms with van der Waals surface area (Å²) in [6, 6.07) is 7.34. The van der Waals surface area contributed by atoms with Crippen molar-refractivity contribution in [3.05, 3.63) is 29.8 Å².